The molecular formula is C19H18F3N5O3. The molecule has 0 aromatic heterocycles. The Balaban J connectivity index is 1.81. The maximum absolute atomic E-state index is 13.2. The van der Waals surface area contributed by atoms with Crippen LogP contribution in [0, 0.1) is 0 Å². The van der Waals surface area contributed by atoms with E-state index in [2.05, 4.69) is 20.6 Å². The number of allylic oxidation sites excluding steroid dienone is 2. The molecule has 1 aromatic rings. The Morgan fingerprint density at radius 1 is 1.27 bits per heavy atom. The van der Waals surface area contributed by atoms with Crippen LogP contribution in [0.25, 0.3) is 0 Å². The number of carboxylic acids is 1. The standard InChI is InChI=1S/C19H18F3N5O3/c1-2-14-23-10-11-8-9-13-16(15(11)24-14)25-26(17(13)18(28)29)27(30-19(20,21)22)12-6-4-3-5-7-12/h3-7,10,25H,2,8-9H2,1H3,(H,23,24)(H,28,29). The van der Waals surface area contributed by atoms with Crippen molar-refractivity contribution in [3.8, 4) is 0 Å². The number of hydrazine groups is 2. The summed E-state index contributed by atoms with van der Waals surface area (Å²) in [5.74, 6) is -0.710. The SMILES string of the molecule is CCC1=NC=C2CCC3=C(C(=O)O)N(N(OC(F)(F)F)c4ccccc4)NC3=C2N1. The third kappa shape index (κ3) is 3.59. The summed E-state index contributed by atoms with van der Waals surface area (Å²) in [5, 5.41) is 14.1. The largest absolute Gasteiger partial charge is 0.545 e. The molecule has 1 aliphatic carbocycles. The zero-order valence-electron chi connectivity index (χ0n) is 15.8. The van der Waals surface area contributed by atoms with Gasteiger partial charge in [0.25, 0.3) is 0 Å². The summed E-state index contributed by atoms with van der Waals surface area (Å²) in [4.78, 5) is 20.6. The lowest BCUT2D eigenvalue weighted by molar-refractivity contribution is -0.345. The third-order valence-electron chi connectivity index (χ3n) is 4.76. The highest BCUT2D eigenvalue weighted by atomic mass is 19.4. The molecule has 158 valence electrons. The fraction of sp³-hybridized carbons (Fsp3) is 0.263. The molecule has 0 unspecified atom stereocenters. The Kier molecular flexibility index (Phi) is 4.90. The van der Waals surface area contributed by atoms with Gasteiger partial charge in [-0.15, -0.1) is 23.2 Å². The van der Waals surface area contributed by atoms with Crippen molar-refractivity contribution in [1.82, 2.24) is 15.9 Å². The molecule has 2 aliphatic heterocycles. The number of hydrogen-bond donors (Lipinski definition) is 3. The molecule has 11 heteroatoms. The second kappa shape index (κ2) is 7.41. The molecule has 0 atom stereocenters. The van der Waals surface area contributed by atoms with E-state index < -0.39 is 12.3 Å². The predicted octanol–water partition coefficient (Wildman–Crippen LogP) is 3.32. The number of nitrogens with zero attached hydrogens (tertiary/aromatic N) is 3. The molecule has 2 heterocycles. The van der Waals surface area contributed by atoms with Crippen LogP contribution in [-0.2, 0) is 9.63 Å². The minimum Gasteiger partial charge on any atom is -0.476 e. The number of aliphatic carboxylic acids is 1. The molecule has 3 aliphatic rings. The van der Waals surface area contributed by atoms with Gasteiger partial charge in [-0.2, -0.15) is 5.12 Å². The Labute approximate surface area is 169 Å². The van der Waals surface area contributed by atoms with Crippen LogP contribution in [0.3, 0.4) is 0 Å². The van der Waals surface area contributed by atoms with Crippen LogP contribution in [0.4, 0.5) is 18.9 Å². The van der Waals surface area contributed by atoms with Crippen molar-refractivity contribution in [2.75, 3.05) is 5.17 Å². The summed E-state index contributed by atoms with van der Waals surface area (Å²) in [6.07, 6.45) is -1.92. The second-order valence-electron chi connectivity index (χ2n) is 6.66. The van der Waals surface area contributed by atoms with E-state index >= 15 is 0 Å². The quantitative estimate of drug-likeness (QED) is 0.629. The number of fused-ring (bicyclic) bond motifs is 2. The second-order valence-corrected chi connectivity index (χ2v) is 6.66. The molecule has 1 aromatic carbocycles. The van der Waals surface area contributed by atoms with Gasteiger partial charge in [-0.3, -0.25) is 5.43 Å². The molecule has 3 N–H and O–H groups in total. The molecule has 30 heavy (non-hydrogen) atoms. The molecule has 8 nitrogen and oxygen atoms in total. The summed E-state index contributed by atoms with van der Waals surface area (Å²) in [7, 11) is 0. The van der Waals surface area contributed by atoms with E-state index in [1.165, 1.54) is 24.3 Å². The molecule has 0 spiro atoms. The monoisotopic (exact) mass is 421 g/mol. The summed E-state index contributed by atoms with van der Waals surface area (Å²) in [6, 6.07) is 7.43. The molecule has 0 fully saturated rings. The minimum absolute atomic E-state index is 0.00546. The van der Waals surface area contributed by atoms with E-state index in [0.29, 0.717) is 47.2 Å². The summed E-state index contributed by atoms with van der Waals surface area (Å²) >= 11 is 0. The van der Waals surface area contributed by atoms with Crippen LogP contribution in [0.5, 0.6) is 0 Å². The van der Waals surface area contributed by atoms with Crippen molar-refractivity contribution in [2.45, 2.75) is 32.5 Å². The minimum atomic E-state index is -5.05. The number of rotatable bonds is 5. The first kappa shape index (κ1) is 19.8. The van der Waals surface area contributed by atoms with Crippen molar-refractivity contribution in [3.63, 3.8) is 0 Å². The van der Waals surface area contributed by atoms with E-state index in [0.717, 1.165) is 10.7 Å². The van der Waals surface area contributed by atoms with Gasteiger partial charge in [-0.25, -0.2) is 9.79 Å². The summed E-state index contributed by atoms with van der Waals surface area (Å²) < 4.78 is 39.5. The van der Waals surface area contributed by atoms with Crippen molar-refractivity contribution in [2.24, 2.45) is 4.99 Å². The fourth-order valence-corrected chi connectivity index (χ4v) is 3.47. The van der Waals surface area contributed by atoms with Crippen LogP contribution in [0.2, 0.25) is 0 Å². The predicted molar refractivity (Wildman–Crippen MR) is 101 cm³/mol. The molecule has 0 saturated heterocycles. The lowest BCUT2D eigenvalue weighted by atomic mass is 9.91. The first-order valence-electron chi connectivity index (χ1n) is 9.20. The average Bonchev–Trinajstić information content (AvgIpc) is 3.11. The number of halogens is 3. The highest BCUT2D eigenvalue weighted by Crippen LogP contribution is 2.40. The summed E-state index contributed by atoms with van der Waals surface area (Å²) in [5.41, 5.74) is 4.65. The van der Waals surface area contributed by atoms with Gasteiger partial charge in [0.1, 0.15) is 5.84 Å². The van der Waals surface area contributed by atoms with Gasteiger partial charge in [0, 0.05) is 18.2 Å². The van der Waals surface area contributed by atoms with E-state index in [-0.39, 0.29) is 11.4 Å². The van der Waals surface area contributed by atoms with Gasteiger partial charge in [0.15, 0.2) is 5.70 Å². The van der Waals surface area contributed by atoms with Crippen molar-refractivity contribution in [1.29, 1.82) is 0 Å². The van der Waals surface area contributed by atoms with E-state index in [1.807, 2.05) is 6.92 Å². The van der Waals surface area contributed by atoms with E-state index in [1.54, 1.807) is 12.3 Å². The fourth-order valence-electron chi connectivity index (χ4n) is 3.47. The highest BCUT2D eigenvalue weighted by Gasteiger charge is 2.44. The first-order valence-corrected chi connectivity index (χ1v) is 9.20. The number of benzene rings is 1. The number of nitrogens with one attached hydrogen (secondary N) is 2. The zero-order chi connectivity index (χ0) is 21.5. The maximum atomic E-state index is 13.2. The summed E-state index contributed by atoms with van der Waals surface area (Å²) in [6.45, 7) is 1.90. The van der Waals surface area contributed by atoms with Crippen LogP contribution in [0.15, 0.2) is 69.8 Å². The zero-order valence-corrected chi connectivity index (χ0v) is 15.8. The average molecular weight is 421 g/mol. The van der Waals surface area contributed by atoms with Gasteiger partial charge < -0.3 is 10.4 Å². The van der Waals surface area contributed by atoms with Crippen LogP contribution < -0.4 is 15.9 Å². The van der Waals surface area contributed by atoms with E-state index in [4.69, 9.17) is 0 Å². The smallest absolute Gasteiger partial charge is 0.476 e. The molecule has 0 bridgehead atoms. The van der Waals surface area contributed by atoms with E-state index in [9.17, 15) is 23.1 Å². The highest BCUT2D eigenvalue weighted by molar-refractivity contribution is 5.91. The Morgan fingerprint density at radius 2 is 2.00 bits per heavy atom. The van der Waals surface area contributed by atoms with Crippen LogP contribution >= 0.6 is 0 Å². The molecule has 0 radical (unpaired) electrons. The number of amidine groups is 1. The van der Waals surface area contributed by atoms with Gasteiger partial charge >= 0.3 is 12.3 Å². The van der Waals surface area contributed by atoms with Crippen LogP contribution in [-0.4, -0.2) is 28.4 Å². The number of carboxylic acid groups (broad SMARTS) is 1. The van der Waals surface area contributed by atoms with Gasteiger partial charge in [0.05, 0.1) is 17.1 Å². The van der Waals surface area contributed by atoms with Gasteiger partial charge in [-0.05, 0) is 30.5 Å². The lowest BCUT2D eigenvalue weighted by Gasteiger charge is -2.34. The molecular weight excluding hydrogens is 403 g/mol. The normalized spacial score (nSPS) is 18.2. The van der Waals surface area contributed by atoms with Gasteiger partial charge in [0.2, 0.25) is 0 Å². The maximum Gasteiger partial charge on any atom is 0.545 e. The lowest BCUT2D eigenvalue weighted by Crippen LogP contribution is -2.51. The van der Waals surface area contributed by atoms with Crippen LogP contribution in [0.1, 0.15) is 26.2 Å². The topological polar surface area (TPSA) is 89.4 Å². The Hall–Kier alpha value is -3.47. The molecule has 0 saturated carbocycles. The van der Waals surface area contributed by atoms with Crippen molar-refractivity contribution < 1.29 is 27.9 Å². The van der Waals surface area contributed by atoms with Crippen molar-refractivity contribution >= 4 is 17.5 Å². The Morgan fingerprint density at radius 3 is 2.63 bits per heavy atom. The number of para-hydroxylation sites is 1. The molecule has 0 amide bonds. The third-order valence-corrected chi connectivity index (χ3v) is 4.76. The Bertz CT molecular complexity index is 998. The van der Waals surface area contributed by atoms with Gasteiger partial charge in [-0.1, -0.05) is 25.1 Å². The number of aliphatic imine (C=N–C) groups is 1. The number of anilines is 1. The number of carbonyl (C=O) groups is 1. The number of alkyl halides is 3. The molecule has 4 rings (SSSR count). The number of hydrogen-bond acceptors (Lipinski definition) is 7. The van der Waals surface area contributed by atoms with Crippen molar-refractivity contribution in [3.05, 3.63) is 64.8 Å². The first-order chi connectivity index (χ1) is 14.3.